The highest BCUT2D eigenvalue weighted by molar-refractivity contribution is 4.85. The van der Waals surface area contributed by atoms with Crippen molar-refractivity contribution in [2.45, 2.75) is 32.2 Å². The normalized spacial score (nSPS) is 21.0. The fourth-order valence-electron chi connectivity index (χ4n) is 2.58. The van der Waals surface area contributed by atoms with Gasteiger partial charge in [0.05, 0.1) is 12.1 Å². The van der Waals surface area contributed by atoms with Crippen LogP contribution < -0.4 is 5.32 Å². The molecule has 0 aliphatic carbocycles. The Kier molecular flexibility index (Phi) is 6.41. The molecule has 0 saturated carbocycles. The monoisotopic (exact) mass is 243 g/mol. The van der Waals surface area contributed by atoms with E-state index < -0.39 is 0 Å². The van der Waals surface area contributed by atoms with E-state index in [1.807, 2.05) is 0 Å². The minimum absolute atomic E-state index is 0.172. The number of hydrogen-bond acceptors (Lipinski definition) is 4. The van der Waals surface area contributed by atoms with Gasteiger partial charge in [0, 0.05) is 19.6 Å². The van der Waals surface area contributed by atoms with Crippen LogP contribution in [0.5, 0.6) is 0 Å². The number of aliphatic hydroxyl groups excluding tert-OH is 1. The van der Waals surface area contributed by atoms with Crippen LogP contribution in [-0.4, -0.2) is 73.4 Å². The lowest BCUT2D eigenvalue weighted by molar-refractivity contribution is 0.128. The van der Waals surface area contributed by atoms with Gasteiger partial charge in [-0.2, -0.15) is 0 Å². The van der Waals surface area contributed by atoms with Crippen LogP contribution in [0.1, 0.15) is 26.7 Å². The van der Waals surface area contributed by atoms with Crippen LogP contribution in [0.3, 0.4) is 0 Å². The largest absolute Gasteiger partial charge is 0.394 e. The van der Waals surface area contributed by atoms with Gasteiger partial charge in [0.1, 0.15) is 0 Å². The number of nitrogens with zero attached hydrogens (tertiary/aromatic N) is 2. The summed E-state index contributed by atoms with van der Waals surface area (Å²) in [7, 11) is 2.14. The second-order valence-corrected chi connectivity index (χ2v) is 5.54. The van der Waals surface area contributed by atoms with Crippen molar-refractivity contribution in [1.82, 2.24) is 15.1 Å². The number of likely N-dealkylation sites (tertiary alicyclic amines) is 1. The first kappa shape index (κ1) is 14.9. The summed E-state index contributed by atoms with van der Waals surface area (Å²) in [4.78, 5) is 4.84. The summed E-state index contributed by atoms with van der Waals surface area (Å²) < 4.78 is 0. The van der Waals surface area contributed by atoms with E-state index in [0.29, 0.717) is 0 Å². The maximum atomic E-state index is 9.45. The highest BCUT2D eigenvalue weighted by Crippen LogP contribution is 2.08. The lowest BCUT2D eigenvalue weighted by Crippen LogP contribution is -2.53. The Morgan fingerprint density at radius 3 is 2.53 bits per heavy atom. The molecule has 1 atom stereocenters. The molecule has 4 heteroatoms. The summed E-state index contributed by atoms with van der Waals surface area (Å²) in [5, 5.41) is 12.8. The molecular formula is C13H29N3O. The first-order valence-corrected chi connectivity index (χ1v) is 6.86. The third-order valence-electron chi connectivity index (χ3n) is 3.57. The molecule has 1 rings (SSSR count). The van der Waals surface area contributed by atoms with Crippen molar-refractivity contribution in [3.8, 4) is 0 Å². The minimum Gasteiger partial charge on any atom is -0.394 e. The maximum Gasteiger partial charge on any atom is 0.0623 e. The Balaban J connectivity index is 2.24. The topological polar surface area (TPSA) is 38.7 Å². The van der Waals surface area contributed by atoms with Crippen molar-refractivity contribution in [3.05, 3.63) is 0 Å². The second kappa shape index (κ2) is 7.31. The molecule has 1 heterocycles. The van der Waals surface area contributed by atoms with Gasteiger partial charge in [-0.3, -0.25) is 0 Å². The zero-order chi connectivity index (χ0) is 12.7. The lowest BCUT2D eigenvalue weighted by Gasteiger charge is -2.33. The van der Waals surface area contributed by atoms with E-state index in [2.05, 4.69) is 36.0 Å². The maximum absolute atomic E-state index is 9.45. The number of hydrogen-bond donors (Lipinski definition) is 2. The zero-order valence-electron chi connectivity index (χ0n) is 11.7. The summed E-state index contributed by atoms with van der Waals surface area (Å²) in [5.41, 5.74) is -0.172. The van der Waals surface area contributed by atoms with E-state index >= 15 is 0 Å². The second-order valence-electron chi connectivity index (χ2n) is 5.54. The van der Waals surface area contributed by atoms with Gasteiger partial charge in [-0.15, -0.1) is 0 Å². The van der Waals surface area contributed by atoms with Gasteiger partial charge < -0.3 is 20.2 Å². The van der Waals surface area contributed by atoms with E-state index in [1.165, 1.54) is 25.9 Å². The van der Waals surface area contributed by atoms with E-state index in [9.17, 15) is 5.11 Å². The molecule has 0 amide bonds. The van der Waals surface area contributed by atoms with E-state index in [0.717, 1.165) is 26.2 Å². The van der Waals surface area contributed by atoms with Crippen LogP contribution in [0.4, 0.5) is 0 Å². The van der Waals surface area contributed by atoms with Crippen LogP contribution >= 0.6 is 0 Å². The molecule has 1 saturated heterocycles. The Hall–Kier alpha value is -0.160. The van der Waals surface area contributed by atoms with Crippen molar-refractivity contribution in [1.29, 1.82) is 0 Å². The molecule has 17 heavy (non-hydrogen) atoms. The summed E-state index contributed by atoms with van der Waals surface area (Å²) >= 11 is 0. The van der Waals surface area contributed by atoms with Gasteiger partial charge in [0.15, 0.2) is 0 Å². The molecule has 102 valence electrons. The molecule has 1 fully saturated rings. The van der Waals surface area contributed by atoms with Gasteiger partial charge in [-0.1, -0.05) is 6.92 Å². The van der Waals surface area contributed by atoms with Crippen LogP contribution in [0.2, 0.25) is 0 Å². The minimum atomic E-state index is -0.172. The van der Waals surface area contributed by atoms with Crippen molar-refractivity contribution in [3.63, 3.8) is 0 Å². The van der Waals surface area contributed by atoms with Crippen LogP contribution in [0, 0.1) is 0 Å². The summed E-state index contributed by atoms with van der Waals surface area (Å²) in [5.74, 6) is 0. The summed E-state index contributed by atoms with van der Waals surface area (Å²) in [6, 6.07) is 0. The van der Waals surface area contributed by atoms with Crippen LogP contribution in [-0.2, 0) is 0 Å². The molecule has 1 aliphatic heterocycles. The number of nitrogens with one attached hydrogen (secondary N) is 1. The first-order valence-electron chi connectivity index (χ1n) is 6.86. The van der Waals surface area contributed by atoms with E-state index in [1.54, 1.807) is 0 Å². The average molecular weight is 243 g/mol. The Morgan fingerprint density at radius 2 is 2.00 bits per heavy atom. The number of likely N-dealkylation sites (N-methyl/N-ethyl adjacent to an activating group) is 2. The third-order valence-corrected chi connectivity index (χ3v) is 3.57. The zero-order valence-corrected chi connectivity index (χ0v) is 11.7. The number of aliphatic hydroxyl groups is 1. The highest BCUT2D eigenvalue weighted by atomic mass is 16.3. The predicted octanol–water partition coefficient (Wildman–Crippen LogP) is 0.375. The molecular weight excluding hydrogens is 214 g/mol. The predicted molar refractivity (Wildman–Crippen MR) is 72.3 cm³/mol. The molecule has 0 aromatic rings. The molecule has 2 N–H and O–H groups in total. The summed E-state index contributed by atoms with van der Waals surface area (Å²) in [6.07, 6.45) is 2.71. The Morgan fingerprint density at radius 1 is 1.35 bits per heavy atom. The average Bonchev–Trinajstić information content (AvgIpc) is 2.79. The molecule has 1 aliphatic rings. The fourth-order valence-corrected chi connectivity index (χ4v) is 2.58. The lowest BCUT2D eigenvalue weighted by atomic mass is 10.0. The molecule has 1 unspecified atom stereocenters. The molecule has 0 spiro atoms. The SMILES string of the molecule is CCNC(C)(CO)CN(C)CCN1CCCC1. The van der Waals surface area contributed by atoms with Crippen molar-refractivity contribution in [2.24, 2.45) is 0 Å². The van der Waals surface area contributed by atoms with Gasteiger partial charge in [-0.05, 0) is 46.4 Å². The van der Waals surface area contributed by atoms with Crippen molar-refractivity contribution < 1.29 is 5.11 Å². The molecule has 4 nitrogen and oxygen atoms in total. The molecule has 0 bridgehead atoms. The van der Waals surface area contributed by atoms with E-state index in [-0.39, 0.29) is 12.1 Å². The first-order chi connectivity index (χ1) is 8.09. The van der Waals surface area contributed by atoms with Crippen LogP contribution in [0.25, 0.3) is 0 Å². The summed E-state index contributed by atoms with van der Waals surface area (Å²) in [6.45, 7) is 10.9. The quantitative estimate of drug-likeness (QED) is 0.646. The van der Waals surface area contributed by atoms with Gasteiger partial charge in [0.2, 0.25) is 0 Å². The molecule has 0 radical (unpaired) electrons. The van der Waals surface area contributed by atoms with Crippen molar-refractivity contribution in [2.75, 3.05) is 52.9 Å². The van der Waals surface area contributed by atoms with Gasteiger partial charge in [-0.25, -0.2) is 0 Å². The number of rotatable bonds is 8. The molecule has 0 aromatic carbocycles. The fraction of sp³-hybridized carbons (Fsp3) is 1.00. The Labute approximate surface area is 106 Å². The van der Waals surface area contributed by atoms with Gasteiger partial charge in [0.25, 0.3) is 0 Å². The smallest absolute Gasteiger partial charge is 0.0623 e. The third kappa shape index (κ3) is 5.34. The van der Waals surface area contributed by atoms with E-state index in [4.69, 9.17) is 0 Å². The van der Waals surface area contributed by atoms with Crippen molar-refractivity contribution >= 4 is 0 Å². The van der Waals surface area contributed by atoms with Gasteiger partial charge >= 0.3 is 0 Å². The highest BCUT2D eigenvalue weighted by Gasteiger charge is 2.24. The van der Waals surface area contributed by atoms with Crippen LogP contribution in [0.15, 0.2) is 0 Å². The Bertz CT molecular complexity index is 207. The standard InChI is InChI=1S/C13H29N3O/c1-4-14-13(2,12-17)11-15(3)9-10-16-7-5-6-8-16/h14,17H,4-12H2,1-3H3. The molecule has 0 aromatic heterocycles.